The first-order valence-electron chi connectivity index (χ1n) is 17.3. The summed E-state index contributed by atoms with van der Waals surface area (Å²) in [4.78, 5) is 7.50. The quantitative estimate of drug-likeness (QED) is 0.171. The highest BCUT2D eigenvalue weighted by atomic mass is 32.1. The summed E-state index contributed by atoms with van der Waals surface area (Å²) in [5.41, 5.74) is 10.0. The smallest absolute Gasteiger partial charge is 0.173 e. The summed E-state index contributed by atoms with van der Waals surface area (Å²) >= 11 is 1.46. The van der Waals surface area contributed by atoms with Crippen LogP contribution in [0.25, 0.3) is 43.5 Å². The van der Waals surface area contributed by atoms with Crippen molar-refractivity contribution in [3.05, 3.63) is 210 Å². The van der Waals surface area contributed by atoms with Crippen LogP contribution >= 0.6 is 11.5 Å². The molecular weight excluding hydrogens is 639 g/mol. The molecule has 0 radical (unpaired) electrons. The Bertz CT molecular complexity index is 2610. The molecule has 0 atom stereocenters. The van der Waals surface area contributed by atoms with E-state index in [1.807, 2.05) is 0 Å². The normalized spacial score (nSPS) is 13.2. The van der Waals surface area contributed by atoms with Gasteiger partial charge >= 0.3 is 0 Å². The van der Waals surface area contributed by atoms with Gasteiger partial charge in [-0.1, -0.05) is 146 Å². The molecule has 240 valence electrons. The molecule has 0 saturated heterocycles. The van der Waals surface area contributed by atoms with E-state index in [0.29, 0.717) is 0 Å². The number of nitrogens with zero attached hydrogens (tertiary/aromatic N) is 3. The molecule has 0 bridgehead atoms. The van der Waals surface area contributed by atoms with E-state index in [2.05, 4.69) is 193 Å². The monoisotopic (exact) mass is 669 g/mol. The first-order valence-corrected chi connectivity index (χ1v) is 18.0. The molecule has 1 aliphatic heterocycles. The van der Waals surface area contributed by atoms with Gasteiger partial charge in [0, 0.05) is 16.8 Å². The molecular formula is C47H31N3S. The molecule has 0 amide bonds. The highest BCUT2D eigenvalue weighted by molar-refractivity contribution is 7.09. The number of benzene rings is 8. The third kappa shape index (κ3) is 4.57. The van der Waals surface area contributed by atoms with Crippen molar-refractivity contribution in [1.29, 1.82) is 0 Å². The molecule has 8 aromatic carbocycles. The van der Waals surface area contributed by atoms with Crippen LogP contribution in [0.5, 0.6) is 0 Å². The van der Waals surface area contributed by atoms with Gasteiger partial charge in [0.2, 0.25) is 0 Å². The second-order valence-electron chi connectivity index (χ2n) is 13.0. The van der Waals surface area contributed by atoms with E-state index >= 15 is 0 Å². The van der Waals surface area contributed by atoms with Crippen LogP contribution in [0.1, 0.15) is 22.3 Å². The van der Waals surface area contributed by atoms with E-state index in [-0.39, 0.29) is 0 Å². The van der Waals surface area contributed by atoms with Crippen molar-refractivity contribution >= 4 is 50.1 Å². The van der Waals surface area contributed by atoms with Gasteiger partial charge in [-0.05, 0) is 97.8 Å². The fraction of sp³-hybridized carbons (Fsp3) is 0.0213. The van der Waals surface area contributed by atoms with Crippen LogP contribution in [0.4, 0.5) is 17.1 Å². The Kier molecular flexibility index (Phi) is 6.90. The maximum absolute atomic E-state index is 5.10. The predicted molar refractivity (Wildman–Crippen MR) is 212 cm³/mol. The van der Waals surface area contributed by atoms with Crippen molar-refractivity contribution in [3.8, 4) is 22.0 Å². The van der Waals surface area contributed by atoms with Gasteiger partial charge in [-0.2, -0.15) is 4.37 Å². The molecule has 9 aromatic rings. The summed E-state index contributed by atoms with van der Waals surface area (Å²) in [6, 6.07) is 67.7. The molecule has 1 aliphatic rings. The molecule has 2 heterocycles. The third-order valence-corrected chi connectivity index (χ3v) is 11.1. The Balaban J connectivity index is 1.09. The van der Waals surface area contributed by atoms with Gasteiger partial charge in [0.15, 0.2) is 5.82 Å². The van der Waals surface area contributed by atoms with Crippen molar-refractivity contribution in [2.24, 2.45) is 0 Å². The van der Waals surface area contributed by atoms with Crippen LogP contribution < -0.4 is 4.90 Å². The van der Waals surface area contributed by atoms with Gasteiger partial charge in [-0.15, -0.1) is 0 Å². The summed E-state index contributed by atoms with van der Waals surface area (Å²) in [5, 5.41) is 5.81. The molecule has 0 spiro atoms. The average Bonchev–Trinajstić information content (AvgIpc) is 3.71. The van der Waals surface area contributed by atoms with Crippen molar-refractivity contribution in [1.82, 2.24) is 9.36 Å². The van der Waals surface area contributed by atoms with Crippen molar-refractivity contribution in [3.63, 3.8) is 0 Å². The van der Waals surface area contributed by atoms with Gasteiger partial charge in [0.25, 0.3) is 0 Å². The largest absolute Gasteiger partial charge is 0.310 e. The number of para-hydroxylation sites is 2. The average molecular weight is 670 g/mol. The lowest BCUT2D eigenvalue weighted by atomic mass is 9.62. The zero-order valence-electron chi connectivity index (χ0n) is 27.6. The van der Waals surface area contributed by atoms with Gasteiger partial charge in [-0.25, -0.2) is 4.98 Å². The molecule has 0 N–H and O–H groups in total. The van der Waals surface area contributed by atoms with Gasteiger partial charge in [0.05, 0.1) is 16.8 Å². The van der Waals surface area contributed by atoms with Gasteiger partial charge < -0.3 is 4.90 Å². The first kappa shape index (κ1) is 29.5. The zero-order valence-corrected chi connectivity index (χ0v) is 28.5. The van der Waals surface area contributed by atoms with Crippen LogP contribution in [0.2, 0.25) is 0 Å². The second-order valence-corrected chi connectivity index (χ2v) is 13.8. The minimum atomic E-state index is -0.486. The van der Waals surface area contributed by atoms with Crippen LogP contribution in [0.15, 0.2) is 188 Å². The summed E-state index contributed by atoms with van der Waals surface area (Å²) in [6.45, 7) is 0. The number of fused-ring (bicyclic) bond motifs is 5. The SMILES string of the molecule is c1ccc(C2(c3ccccc3)c3ccccc3N(c3ccc(-c4nsc(-c5cc6ccccc6c6ccccc56)n4)cc3)c3ccccc32)cc1. The molecule has 0 unspecified atom stereocenters. The number of rotatable bonds is 5. The maximum Gasteiger partial charge on any atom is 0.173 e. The Hall–Kier alpha value is -6.36. The first-order chi connectivity index (χ1) is 25.3. The number of hydrogen-bond acceptors (Lipinski definition) is 4. The van der Waals surface area contributed by atoms with Crippen molar-refractivity contribution < 1.29 is 0 Å². The highest BCUT2D eigenvalue weighted by Gasteiger charge is 2.46. The Labute approximate surface area is 300 Å². The molecule has 51 heavy (non-hydrogen) atoms. The Morgan fingerprint density at radius 2 is 1.00 bits per heavy atom. The summed E-state index contributed by atoms with van der Waals surface area (Å²) in [5.74, 6) is 0.741. The molecule has 0 aliphatic carbocycles. The van der Waals surface area contributed by atoms with Gasteiger partial charge in [0.1, 0.15) is 5.01 Å². The predicted octanol–water partition coefficient (Wildman–Crippen LogP) is 12.3. The van der Waals surface area contributed by atoms with E-state index in [4.69, 9.17) is 9.36 Å². The molecule has 3 nitrogen and oxygen atoms in total. The minimum Gasteiger partial charge on any atom is -0.310 e. The molecule has 0 fully saturated rings. The van der Waals surface area contributed by atoms with Crippen LogP contribution in [-0.4, -0.2) is 9.36 Å². The lowest BCUT2D eigenvalue weighted by Gasteiger charge is -2.46. The standard InChI is InChI=1S/C47H31N3S/c1-3-16-34(17-4-1)47(35-18-5-2-6-19-35)41-23-11-13-25-43(41)50(44-26-14-12-24-42(44)47)36-29-27-32(28-30-36)45-48-46(51-49-45)40-31-33-15-7-8-20-37(33)38-21-9-10-22-39(38)40/h1-31H. The Morgan fingerprint density at radius 1 is 0.471 bits per heavy atom. The van der Waals surface area contributed by atoms with E-state index in [9.17, 15) is 0 Å². The van der Waals surface area contributed by atoms with E-state index in [1.165, 1.54) is 55.3 Å². The van der Waals surface area contributed by atoms with Crippen LogP contribution in [-0.2, 0) is 5.41 Å². The molecule has 10 rings (SSSR count). The second kappa shape index (κ2) is 11.9. The lowest BCUT2D eigenvalue weighted by Crippen LogP contribution is -2.37. The van der Waals surface area contributed by atoms with Crippen LogP contribution in [0, 0.1) is 0 Å². The van der Waals surface area contributed by atoms with E-state index < -0.39 is 5.41 Å². The van der Waals surface area contributed by atoms with Crippen LogP contribution in [0.3, 0.4) is 0 Å². The summed E-state index contributed by atoms with van der Waals surface area (Å²) in [7, 11) is 0. The molecule has 0 saturated carbocycles. The van der Waals surface area contributed by atoms with E-state index in [0.717, 1.165) is 39.0 Å². The summed E-state index contributed by atoms with van der Waals surface area (Å²) < 4.78 is 4.87. The minimum absolute atomic E-state index is 0.486. The number of hydrogen-bond donors (Lipinski definition) is 0. The van der Waals surface area contributed by atoms with E-state index in [1.54, 1.807) is 0 Å². The topological polar surface area (TPSA) is 29.0 Å². The lowest BCUT2D eigenvalue weighted by molar-refractivity contribution is 0.731. The highest BCUT2D eigenvalue weighted by Crippen LogP contribution is 2.57. The summed E-state index contributed by atoms with van der Waals surface area (Å²) in [6.07, 6.45) is 0. The van der Waals surface area contributed by atoms with Crippen molar-refractivity contribution in [2.75, 3.05) is 4.90 Å². The Morgan fingerprint density at radius 3 is 1.65 bits per heavy atom. The fourth-order valence-electron chi connectivity index (χ4n) is 8.13. The fourth-order valence-corrected chi connectivity index (χ4v) is 8.84. The number of aromatic nitrogens is 2. The third-order valence-electron chi connectivity index (χ3n) is 10.3. The zero-order chi connectivity index (χ0) is 33.8. The number of anilines is 3. The maximum atomic E-state index is 5.10. The molecule has 4 heteroatoms. The van der Waals surface area contributed by atoms with Crippen molar-refractivity contribution in [2.45, 2.75) is 5.41 Å². The molecule has 1 aromatic heterocycles. The van der Waals surface area contributed by atoms with Gasteiger partial charge in [-0.3, -0.25) is 0 Å².